The van der Waals surface area contributed by atoms with Crippen LogP contribution in [-0.2, 0) is 0 Å². The molecule has 0 spiro atoms. The number of rotatable bonds is 4. The molecule has 0 aliphatic carbocycles. The van der Waals surface area contributed by atoms with E-state index in [1.807, 2.05) is 54.6 Å². The van der Waals surface area contributed by atoms with Gasteiger partial charge in [-0.15, -0.1) is 11.8 Å². The maximum atomic E-state index is 13.3. The third kappa shape index (κ3) is 4.66. The number of halogens is 2. The summed E-state index contributed by atoms with van der Waals surface area (Å²) in [5.74, 6) is 1.78. The van der Waals surface area contributed by atoms with Gasteiger partial charge < -0.3 is 15.0 Å². The van der Waals surface area contributed by atoms with E-state index in [0.29, 0.717) is 18.0 Å². The van der Waals surface area contributed by atoms with Gasteiger partial charge in [0.15, 0.2) is 0 Å². The Labute approximate surface area is 177 Å². The molecule has 7 heteroatoms. The predicted octanol–water partition coefficient (Wildman–Crippen LogP) is 6.55. The number of hydrogen-bond donors (Lipinski definition) is 1. The van der Waals surface area contributed by atoms with E-state index < -0.39 is 5.82 Å². The van der Waals surface area contributed by atoms with Crippen LogP contribution in [0.2, 0.25) is 5.02 Å². The summed E-state index contributed by atoms with van der Waals surface area (Å²) in [6.45, 7) is 0.611. The zero-order valence-electron chi connectivity index (χ0n) is 15.3. The Morgan fingerprint density at radius 1 is 1.07 bits per heavy atom. The fraction of sp³-hybridized carbons (Fsp3) is 0.136. The quantitative estimate of drug-likeness (QED) is 0.512. The summed E-state index contributed by atoms with van der Waals surface area (Å²) in [5, 5.41) is 2.64. The average molecular weight is 429 g/mol. The van der Waals surface area contributed by atoms with Gasteiger partial charge in [0.2, 0.25) is 0 Å². The molecule has 1 fully saturated rings. The van der Waals surface area contributed by atoms with Gasteiger partial charge >= 0.3 is 6.03 Å². The SMILES string of the molecule is O=C(Nc1ccc(F)c(Cl)c1)N1CCSC1c1cccc(Oc2ccccc2)c1. The number of amides is 2. The minimum absolute atomic E-state index is 0.0269. The molecule has 1 unspecified atom stereocenters. The lowest BCUT2D eigenvalue weighted by atomic mass is 10.2. The Bertz CT molecular complexity index is 1020. The Morgan fingerprint density at radius 2 is 1.86 bits per heavy atom. The van der Waals surface area contributed by atoms with Gasteiger partial charge in [-0.2, -0.15) is 0 Å². The monoisotopic (exact) mass is 428 g/mol. The second-order valence-electron chi connectivity index (χ2n) is 6.46. The van der Waals surface area contributed by atoms with E-state index in [2.05, 4.69) is 5.32 Å². The maximum Gasteiger partial charge on any atom is 0.323 e. The second kappa shape index (κ2) is 8.76. The van der Waals surface area contributed by atoms with Crippen LogP contribution in [0.15, 0.2) is 72.8 Å². The highest BCUT2D eigenvalue weighted by molar-refractivity contribution is 7.99. The van der Waals surface area contributed by atoms with Crippen molar-refractivity contribution in [2.24, 2.45) is 0 Å². The lowest BCUT2D eigenvalue weighted by molar-refractivity contribution is 0.214. The Hall–Kier alpha value is -2.70. The van der Waals surface area contributed by atoms with Crippen molar-refractivity contribution in [3.05, 3.63) is 89.2 Å². The molecule has 0 aromatic heterocycles. The molecule has 29 heavy (non-hydrogen) atoms. The first-order valence-corrected chi connectivity index (χ1v) is 10.5. The number of carbonyl (C=O) groups excluding carboxylic acids is 1. The third-order valence-electron chi connectivity index (χ3n) is 4.44. The molecule has 1 saturated heterocycles. The lowest BCUT2D eigenvalue weighted by Gasteiger charge is -2.25. The summed E-state index contributed by atoms with van der Waals surface area (Å²) in [7, 11) is 0. The van der Waals surface area contributed by atoms with Crippen molar-refractivity contribution in [1.82, 2.24) is 4.90 Å². The summed E-state index contributed by atoms with van der Waals surface area (Å²) < 4.78 is 19.3. The highest BCUT2D eigenvalue weighted by Crippen LogP contribution is 2.39. The molecule has 3 aromatic carbocycles. The van der Waals surface area contributed by atoms with Gasteiger partial charge in [0, 0.05) is 18.0 Å². The summed E-state index contributed by atoms with van der Waals surface area (Å²) in [4.78, 5) is 14.6. The highest BCUT2D eigenvalue weighted by atomic mass is 35.5. The topological polar surface area (TPSA) is 41.6 Å². The molecule has 4 rings (SSSR count). The number of nitrogens with one attached hydrogen (secondary N) is 1. The number of benzene rings is 3. The average Bonchev–Trinajstić information content (AvgIpc) is 3.22. The van der Waals surface area contributed by atoms with Gasteiger partial charge in [-0.05, 0) is 48.0 Å². The highest BCUT2D eigenvalue weighted by Gasteiger charge is 2.31. The van der Waals surface area contributed by atoms with Gasteiger partial charge in [-0.1, -0.05) is 41.9 Å². The van der Waals surface area contributed by atoms with Crippen LogP contribution in [0, 0.1) is 5.82 Å². The van der Waals surface area contributed by atoms with Crippen LogP contribution in [0.5, 0.6) is 11.5 Å². The Morgan fingerprint density at radius 3 is 2.66 bits per heavy atom. The van der Waals surface area contributed by atoms with E-state index in [9.17, 15) is 9.18 Å². The molecule has 1 aliphatic heterocycles. The van der Waals surface area contributed by atoms with Crippen LogP contribution in [0.3, 0.4) is 0 Å². The van der Waals surface area contributed by atoms with Crippen molar-refractivity contribution >= 4 is 35.1 Å². The molecule has 1 N–H and O–H groups in total. The van der Waals surface area contributed by atoms with Crippen LogP contribution in [0.1, 0.15) is 10.9 Å². The standard InChI is InChI=1S/C22H18ClFN2O2S/c23-19-14-16(9-10-20(19)24)25-22(27)26-11-12-29-21(26)15-5-4-8-18(13-15)28-17-6-2-1-3-7-17/h1-10,13-14,21H,11-12H2,(H,25,27). The number of para-hydroxylation sites is 1. The van der Waals surface area contributed by atoms with Gasteiger partial charge in [0.1, 0.15) is 22.7 Å². The van der Waals surface area contributed by atoms with Crippen molar-refractivity contribution < 1.29 is 13.9 Å². The van der Waals surface area contributed by atoms with Crippen molar-refractivity contribution in [2.45, 2.75) is 5.37 Å². The fourth-order valence-electron chi connectivity index (χ4n) is 3.08. The van der Waals surface area contributed by atoms with Gasteiger partial charge in [-0.25, -0.2) is 9.18 Å². The van der Waals surface area contributed by atoms with Crippen LogP contribution < -0.4 is 10.1 Å². The smallest absolute Gasteiger partial charge is 0.323 e. The number of anilines is 1. The number of nitrogens with zero attached hydrogens (tertiary/aromatic N) is 1. The molecule has 1 heterocycles. The van der Waals surface area contributed by atoms with Crippen molar-refractivity contribution in [1.29, 1.82) is 0 Å². The molecule has 148 valence electrons. The van der Waals surface area contributed by atoms with Crippen LogP contribution in [0.25, 0.3) is 0 Å². The first kappa shape index (κ1) is 19.6. The first-order valence-electron chi connectivity index (χ1n) is 9.07. The normalized spacial score (nSPS) is 15.9. The Balaban J connectivity index is 1.49. The maximum absolute atomic E-state index is 13.3. The summed E-state index contributed by atoms with van der Waals surface area (Å²) in [6, 6.07) is 21.2. The molecule has 0 radical (unpaired) electrons. The van der Waals surface area contributed by atoms with Crippen LogP contribution in [0.4, 0.5) is 14.9 Å². The molecule has 1 atom stereocenters. The van der Waals surface area contributed by atoms with E-state index in [1.165, 1.54) is 18.2 Å². The molecular formula is C22H18ClFN2O2S. The number of urea groups is 1. The number of carbonyl (C=O) groups is 1. The largest absolute Gasteiger partial charge is 0.457 e. The molecule has 2 amide bonds. The molecule has 0 saturated carbocycles. The third-order valence-corrected chi connectivity index (χ3v) is 6.00. The molecular weight excluding hydrogens is 411 g/mol. The predicted molar refractivity (Wildman–Crippen MR) is 115 cm³/mol. The number of hydrogen-bond acceptors (Lipinski definition) is 3. The zero-order valence-corrected chi connectivity index (χ0v) is 16.9. The first-order chi connectivity index (χ1) is 14.1. The van der Waals surface area contributed by atoms with E-state index in [1.54, 1.807) is 16.7 Å². The second-order valence-corrected chi connectivity index (χ2v) is 8.06. The van der Waals surface area contributed by atoms with Crippen molar-refractivity contribution in [2.75, 3.05) is 17.6 Å². The van der Waals surface area contributed by atoms with E-state index in [-0.39, 0.29) is 16.4 Å². The van der Waals surface area contributed by atoms with Crippen molar-refractivity contribution in [3.63, 3.8) is 0 Å². The van der Waals surface area contributed by atoms with Crippen molar-refractivity contribution in [3.8, 4) is 11.5 Å². The molecule has 4 nitrogen and oxygen atoms in total. The summed E-state index contributed by atoms with van der Waals surface area (Å²) in [5.41, 5.74) is 1.44. The molecule has 0 bridgehead atoms. The number of thioether (sulfide) groups is 1. The molecule has 1 aliphatic rings. The van der Waals surface area contributed by atoms with Crippen LogP contribution >= 0.6 is 23.4 Å². The summed E-state index contributed by atoms with van der Waals surface area (Å²) in [6.07, 6.45) is 0. The van der Waals surface area contributed by atoms with E-state index in [0.717, 1.165) is 17.1 Å². The zero-order chi connectivity index (χ0) is 20.2. The molecule has 3 aromatic rings. The van der Waals surface area contributed by atoms with E-state index >= 15 is 0 Å². The lowest BCUT2D eigenvalue weighted by Crippen LogP contribution is -2.34. The Kier molecular flexibility index (Phi) is 5.92. The van der Waals surface area contributed by atoms with Gasteiger partial charge in [0.05, 0.1) is 5.02 Å². The van der Waals surface area contributed by atoms with Crippen LogP contribution in [-0.4, -0.2) is 23.2 Å². The summed E-state index contributed by atoms with van der Waals surface area (Å²) >= 11 is 7.49. The van der Waals surface area contributed by atoms with E-state index in [4.69, 9.17) is 16.3 Å². The van der Waals surface area contributed by atoms with Gasteiger partial charge in [0.25, 0.3) is 0 Å². The number of ether oxygens (including phenoxy) is 1. The van der Waals surface area contributed by atoms with Gasteiger partial charge in [-0.3, -0.25) is 0 Å². The minimum Gasteiger partial charge on any atom is -0.457 e. The fourth-order valence-corrected chi connectivity index (χ4v) is 4.51. The minimum atomic E-state index is -0.519.